The zero-order valence-electron chi connectivity index (χ0n) is 25.4. The number of rotatable bonds is 13. The second-order valence-electron chi connectivity index (χ2n) is 13.0. The van der Waals surface area contributed by atoms with Crippen molar-refractivity contribution in [2.45, 2.75) is 78.0 Å². The smallest absolute Gasteiger partial charge is 0.270 e. The molecule has 2 fully saturated rings. The lowest BCUT2D eigenvalue weighted by molar-refractivity contribution is -0.119. The summed E-state index contributed by atoms with van der Waals surface area (Å²) in [7, 11) is 0.545. The predicted molar refractivity (Wildman–Crippen MR) is 166 cm³/mol. The lowest BCUT2D eigenvalue weighted by atomic mass is 9.88. The summed E-state index contributed by atoms with van der Waals surface area (Å²) in [6.07, 6.45) is 5.91. The van der Waals surface area contributed by atoms with Crippen molar-refractivity contribution < 1.29 is 14.3 Å². The van der Waals surface area contributed by atoms with Gasteiger partial charge in [-0.3, -0.25) is 14.3 Å². The van der Waals surface area contributed by atoms with Crippen LogP contribution in [0.4, 0.5) is 5.82 Å². The highest BCUT2D eigenvalue weighted by Gasteiger charge is 2.48. The Kier molecular flexibility index (Phi) is 8.91. The fraction of sp³-hybridized carbons (Fsp3) is 0.567. The number of aryl methyl sites for hydroxylation is 2. The van der Waals surface area contributed by atoms with Gasteiger partial charge in [-0.15, -0.1) is 0 Å². The summed E-state index contributed by atoms with van der Waals surface area (Å²) in [4.78, 5) is 31.4. The van der Waals surface area contributed by atoms with Crippen LogP contribution < -0.4 is 10.6 Å². The Morgan fingerprint density at radius 1 is 1.12 bits per heavy atom. The standard InChI is InChI=1S/C30H42ClN7O3Si/c1-18-25(19(2)38(36-18)17-41-15-16-42(4,5)6)22-11-12-24(33-28(22)31)34-30(40)27(26(20-7-8-20)21-9-10-21)35-29(39)23-13-14-32-37(23)3/h11-14,20-21,26-27H,7-10,15-17H2,1-6H3,(H,35,39)(H,33,34,40)/t27-/m0/s1. The van der Waals surface area contributed by atoms with Crippen LogP contribution in [0.25, 0.3) is 11.1 Å². The SMILES string of the molecule is Cc1nn(COCC[Si](C)(C)C)c(C)c1-c1ccc(NC(=O)[C@@H](NC(=O)c2ccnn2C)C(C2CC2)C2CC2)nc1Cl. The van der Waals surface area contributed by atoms with E-state index in [1.807, 2.05) is 24.6 Å². The Balaban J connectivity index is 1.31. The van der Waals surface area contributed by atoms with E-state index in [9.17, 15) is 9.59 Å². The Labute approximate surface area is 253 Å². The quantitative estimate of drug-likeness (QED) is 0.151. The Morgan fingerprint density at radius 2 is 1.81 bits per heavy atom. The first-order valence-corrected chi connectivity index (χ1v) is 18.9. The van der Waals surface area contributed by atoms with E-state index in [1.54, 1.807) is 25.4 Å². The highest BCUT2D eigenvalue weighted by molar-refractivity contribution is 6.76. The van der Waals surface area contributed by atoms with E-state index in [0.29, 0.717) is 36.7 Å². The molecule has 0 saturated heterocycles. The van der Waals surface area contributed by atoms with Gasteiger partial charge in [-0.2, -0.15) is 10.2 Å². The first-order chi connectivity index (χ1) is 19.9. The minimum Gasteiger partial charge on any atom is -0.360 e. The number of aromatic nitrogens is 5. The van der Waals surface area contributed by atoms with Gasteiger partial charge in [0.1, 0.15) is 29.4 Å². The van der Waals surface area contributed by atoms with Crippen LogP contribution in [0.5, 0.6) is 0 Å². The fourth-order valence-electron chi connectivity index (χ4n) is 5.68. The van der Waals surface area contributed by atoms with E-state index < -0.39 is 14.1 Å². The van der Waals surface area contributed by atoms with Gasteiger partial charge < -0.3 is 15.4 Å². The van der Waals surface area contributed by atoms with Crippen LogP contribution in [0.15, 0.2) is 24.4 Å². The van der Waals surface area contributed by atoms with Crippen molar-refractivity contribution in [1.82, 2.24) is 29.9 Å². The van der Waals surface area contributed by atoms with Crippen LogP contribution in [0.3, 0.4) is 0 Å². The maximum Gasteiger partial charge on any atom is 0.270 e. The number of halogens is 1. The van der Waals surface area contributed by atoms with Crippen LogP contribution in [-0.4, -0.2) is 57.1 Å². The van der Waals surface area contributed by atoms with Crippen molar-refractivity contribution in [3.8, 4) is 11.1 Å². The van der Waals surface area contributed by atoms with Gasteiger partial charge in [0.2, 0.25) is 5.91 Å². The summed E-state index contributed by atoms with van der Waals surface area (Å²) in [6, 6.07) is 5.69. The van der Waals surface area contributed by atoms with Crippen LogP contribution in [0.2, 0.25) is 30.8 Å². The molecule has 10 nitrogen and oxygen atoms in total. The molecule has 0 bridgehead atoms. The summed E-state index contributed by atoms with van der Waals surface area (Å²) in [5.41, 5.74) is 3.83. The van der Waals surface area contributed by atoms with Crippen LogP contribution in [0, 0.1) is 31.6 Å². The van der Waals surface area contributed by atoms with Gasteiger partial charge in [-0.25, -0.2) is 9.67 Å². The van der Waals surface area contributed by atoms with E-state index >= 15 is 0 Å². The minimum atomic E-state index is -1.17. The number of hydrogen-bond acceptors (Lipinski definition) is 6. The van der Waals surface area contributed by atoms with Gasteiger partial charge in [0.25, 0.3) is 5.91 Å². The third-order valence-electron chi connectivity index (χ3n) is 8.30. The average Bonchev–Trinajstić information content (AvgIpc) is 3.85. The van der Waals surface area contributed by atoms with Crippen LogP contribution in [0.1, 0.15) is 47.6 Å². The Morgan fingerprint density at radius 3 is 2.38 bits per heavy atom. The number of nitrogens with zero attached hydrogens (tertiary/aromatic N) is 5. The summed E-state index contributed by atoms with van der Waals surface area (Å²) >= 11 is 6.70. The zero-order valence-corrected chi connectivity index (χ0v) is 27.2. The van der Waals surface area contributed by atoms with Crippen molar-refractivity contribution in [2.75, 3.05) is 11.9 Å². The fourth-order valence-corrected chi connectivity index (χ4v) is 6.68. The van der Waals surface area contributed by atoms with E-state index in [0.717, 1.165) is 54.2 Å². The zero-order chi connectivity index (χ0) is 30.2. The molecule has 12 heteroatoms. The molecule has 3 heterocycles. The number of nitrogens with one attached hydrogen (secondary N) is 2. The molecule has 0 aliphatic heterocycles. The van der Waals surface area contributed by atoms with Crippen molar-refractivity contribution in [2.24, 2.45) is 24.8 Å². The van der Waals surface area contributed by atoms with Gasteiger partial charge in [0.15, 0.2) is 0 Å². The molecular formula is C30H42ClN7O3Si. The van der Waals surface area contributed by atoms with Gasteiger partial charge in [-0.1, -0.05) is 31.2 Å². The summed E-state index contributed by atoms with van der Waals surface area (Å²) in [6.45, 7) is 12.0. The molecule has 0 unspecified atom stereocenters. The lowest BCUT2D eigenvalue weighted by Gasteiger charge is -2.27. The number of carbonyl (C=O) groups is 2. The largest absolute Gasteiger partial charge is 0.360 e. The van der Waals surface area contributed by atoms with Crippen molar-refractivity contribution in [3.63, 3.8) is 0 Å². The Hall–Kier alpha value is -3.02. The summed E-state index contributed by atoms with van der Waals surface area (Å²) in [5.74, 6) is 0.746. The van der Waals surface area contributed by atoms with Gasteiger partial charge in [0.05, 0.1) is 5.69 Å². The molecule has 2 N–H and O–H groups in total. The molecule has 0 aromatic carbocycles. The first-order valence-electron chi connectivity index (χ1n) is 14.8. The molecule has 0 radical (unpaired) electrons. The van der Waals surface area contributed by atoms with Crippen LogP contribution >= 0.6 is 11.6 Å². The van der Waals surface area contributed by atoms with Gasteiger partial charge in [-0.05, 0) is 81.5 Å². The average molecular weight is 612 g/mol. The van der Waals surface area contributed by atoms with Crippen molar-refractivity contribution in [3.05, 3.63) is 46.6 Å². The topological polar surface area (TPSA) is 116 Å². The summed E-state index contributed by atoms with van der Waals surface area (Å²) < 4.78 is 9.29. The van der Waals surface area contributed by atoms with Crippen molar-refractivity contribution in [1.29, 1.82) is 0 Å². The van der Waals surface area contributed by atoms with Gasteiger partial charge >= 0.3 is 0 Å². The molecule has 1 atom stereocenters. The molecule has 42 heavy (non-hydrogen) atoms. The number of ether oxygens (including phenoxy) is 1. The molecule has 3 aromatic heterocycles. The lowest BCUT2D eigenvalue weighted by Crippen LogP contribution is -2.50. The molecule has 0 spiro atoms. The third-order valence-corrected chi connectivity index (χ3v) is 10.3. The molecular weight excluding hydrogens is 570 g/mol. The molecule has 5 rings (SSSR count). The molecule has 226 valence electrons. The highest BCUT2D eigenvalue weighted by atomic mass is 35.5. The minimum absolute atomic E-state index is 0.0982. The number of carbonyl (C=O) groups excluding carboxylic acids is 2. The van der Waals surface area contributed by atoms with E-state index in [2.05, 4.69) is 45.5 Å². The second-order valence-corrected chi connectivity index (χ2v) is 18.9. The molecule has 2 aliphatic rings. The Bertz CT molecular complexity index is 1440. The van der Waals surface area contributed by atoms with Crippen molar-refractivity contribution >= 4 is 37.3 Å². The predicted octanol–water partition coefficient (Wildman–Crippen LogP) is 5.43. The second kappa shape index (κ2) is 12.3. The molecule has 3 aromatic rings. The first kappa shape index (κ1) is 30.4. The normalized spacial score (nSPS) is 16.1. The third kappa shape index (κ3) is 7.12. The number of hydrogen-bond donors (Lipinski definition) is 2. The number of amides is 2. The molecule has 2 aliphatic carbocycles. The van der Waals surface area contributed by atoms with E-state index in [-0.39, 0.29) is 22.9 Å². The van der Waals surface area contributed by atoms with E-state index in [4.69, 9.17) is 16.3 Å². The molecule has 2 amide bonds. The van der Waals surface area contributed by atoms with Crippen LogP contribution in [-0.2, 0) is 23.3 Å². The number of pyridine rings is 1. The highest BCUT2D eigenvalue weighted by Crippen LogP contribution is 2.51. The molecule has 2 saturated carbocycles. The van der Waals surface area contributed by atoms with Gasteiger partial charge in [0, 0.05) is 44.7 Å². The monoisotopic (exact) mass is 611 g/mol. The van der Waals surface area contributed by atoms with E-state index in [1.165, 1.54) is 4.68 Å². The maximum atomic E-state index is 13.7. The maximum absolute atomic E-state index is 13.7. The number of anilines is 1. The summed E-state index contributed by atoms with van der Waals surface area (Å²) in [5, 5.41) is 15.0.